The van der Waals surface area contributed by atoms with Crippen LogP contribution < -0.4 is 11.1 Å². The normalized spacial score (nSPS) is 12.2. The van der Waals surface area contributed by atoms with Crippen LogP contribution in [0.5, 0.6) is 5.75 Å². The summed E-state index contributed by atoms with van der Waals surface area (Å²) in [4.78, 5) is 12.0. The van der Waals surface area contributed by atoms with E-state index >= 15 is 0 Å². The van der Waals surface area contributed by atoms with E-state index < -0.39 is 11.9 Å². The van der Waals surface area contributed by atoms with Crippen molar-refractivity contribution in [2.24, 2.45) is 12.8 Å². The minimum absolute atomic E-state index is 0.0186. The lowest BCUT2D eigenvalue weighted by Crippen LogP contribution is -2.27. The molecule has 1 amide bonds. The van der Waals surface area contributed by atoms with Crippen molar-refractivity contribution in [2.45, 2.75) is 6.04 Å². The molecule has 19 heavy (non-hydrogen) atoms. The van der Waals surface area contributed by atoms with Crippen molar-refractivity contribution >= 4 is 27.5 Å². The van der Waals surface area contributed by atoms with Gasteiger partial charge in [-0.15, -0.1) is 0 Å². The van der Waals surface area contributed by atoms with Crippen LogP contribution in [0, 0.1) is 0 Å². The van der Waals surface area contributed by atoms with Gasteiger partial charge in [-0.3, -0.25) is 9.48 Å². The number of benzene rings is 1. The quantitative estimate of drug-likeness (QED) is 0.746. The van der Waals surface area contributed by atoms with Gasteiger partial charge in [-0.1, -0.05) is 15.9 Å². The molecule has 100 valence electrons. The summed E-state index contributed by atoms with van der Waals surface area (Å²) in [6, 6.07) is 3.91. The first-order valence-corrected chi connectivity index (χ1v) is 6.30. The molecule has 0 spiro atoms. The number of phenols is 1. The molecule has 1 unspecified atom stereocenters. The Morgan fingerprint density at radius 3 is 2.95 bits per heavy atom. The largest absolute Gasteiger partial charge is 0.506 e. The molecule has 0 aliphatic carbocycles. The van der Waals surface area contributed by atoms with Gasteiger partial charge in [-0.05, 0) is 18.2 Å². The van der Waals surface area contributed by atoms with Crippen LogP contribution in [-0.4, -0.2) is 20.8 Å². The SMILES string of the molecule is Cn1cc(C(N)C(=O)Nc2cc(Br)ccc2O)cn1. The van der Waals surface area contributed by atoms with Crippen molar-refractivity contribution in [3.63, 3.8) is 0 Å². The number of halogens is 1. The molecule has 2 rings (SSSR count). The average Bonchev–Trinajstić information content (AvgIpc) is 2.79. The zero-order chi connectivity index (χ0) is 14.0. The Labute approximate surface area is 118 Å². The molecule has 1 aromatic heterocycles. The van der Waals surface area contributed by atoms with Crippen LogP contribution in [0.3, 0.4) is 0 Å². The topological polar surface area (TPSA) is 93.2 Å². The van der Waals surface area contributed by atoms with Gasteiger partial charge in [0.1, 0.15) is 11.8 Å². The van der Waals surface area contributed by atoms with Gasteiger partial charge in [-0.2, -0.15) is 5.10 Å². The Morgan fingerprint density at radius 2 is 2.32 bits per heavy atom. The van der Waals surface area contributed by atoms with Crippen molar-refractivity contribution in [3.05, 3.63) is 40.6 Å². The third-order valence-electron chi connectivity index (χ3n) is 2.58. The number of carbonyl (C=O) groups excluding carboxylic acids is 1. The van der Waals surface area contributed by atoms with Gasteiger partial charge in [0.25, 0.3) is 0 Å². The van der Waals surface area contributed by atoms with E-state index in [9.17, 15) is 9.90 Å². The van der Waals surface area contributed by atoms with Crippen LogP contribution in [0.2, 0.25) is 0 Å². The number of aryl methyl sites for hydroxylation is 1. The molecule has 0 aliphatic heterocycles. The molecule has 7 heteroatoms. The van der Waals surface area contributed by atoms with Crippen LogP contribution in [-0.2, 0) is 11.8 Å². The fourth-order valence-electron chi connectivity index (χ4n) is 1.57. The molecule has 1 atom stereocenters. The van der Waals surface area contributed by atoms with Crippen LogP contribution in [0.15, 0.2) is 35.1 Å². The van der Waals surface area contributed by atoms with Crippen LogP contribution in [0.4, 0.5) is 5.69 Å². The lowest BCUT2D eigenvalue weighted by Gasteiger charge is -2.12. The Hall–Kier alpha value is -1.86. The van der Waals surface area contributed by atoms with Crippen molar-refractivity contribution in [3.8, 4) is 5.75 Å². The molecule has 0 bridgehead atoms. The number of rotatable bonds is 3. The second-order valence-corrected chi connectivity index (χ2v) is 4.99. The van der Waals surface area contributed by atoms with Gasteiger partial charge in [0.2, 0.25) is 5.91 Å². The number of phenolic OH excluding ortho intramolecular Hbond substituents is 1. The minimum Gasteiger partial charge on any atom is -0.506 e. The van der Waals surface area contributed by atoms with E-state index in [1.54, 1.807) is 30.1 Å². The van der Waals surface area contributed by atoms with Crippen molar-refractivity contribution < 1.29 is 9.90 Å². The van der Waals surface area contributed by atoms with Crippen molar-refractivity contribution in [1.82, 2.24) is 9.78 Å². The molecule has 0 saturated carbocycles. The van der Waals surface area contributed by atoms with Gasteiger partial charge in [0.05, 0.1) is 11.9 Å². The summed E-state index contributed by atoms with van der Waals surface area (Å²) in [6.07, 6.45) is 3.20. The second-order valence-electron chi connectivity index (χ2n) is 4.08. The Kier molecular flexibility index (Phi) is 3.87. The van der Waals surface area contributed by atoms with Gasteiger partial charge in [-0.25, -0.2) is 0 Å². The first-order valence-electron chi connectivity index (χ1n) is 5.51. The maximum absolute atomic E-state index is 12.0. The van der Waals surface area contributed by atoms with E-state index in [1.165, 1.54) is 12.3 Å². The molecule has 0 fully saturated rings. The molecule has 2 aromatic rings. The van der Waals surface area contributed by atoms with Gasteiger partial charge in [0.15, 0.2) is 0 Å². The first-order chi connectivity index (χ1) is 8.97. The molecule has 0 saturated heterocycles. The van der Waals surface area contributed by atoms with Gasteiger partial charge < -0.3 is 16.2 Å². The third kappa shape index (κ3) is 3.12. The number of carbonyl (C=O) groups is 1. The number of hydrogen-bond acceptors (Lipinski definition) is 4. The Balaban J connectivity index is 2.14. The van der Waals surface area contributed by atoms with Crippen LogP contribution >= 0.6 is 15.9 Å². The first kappa shape index (κ1) is 13.6. The zero-order valence-corrected chi connectivity index (χ0v) is 11.8. The smallest absolute Gasteiger partial charge is 0.246 e. The maximum atomic E-state index is 12.0. The Morgan fingerprint density at radius 1 is 1.58 bits per heavy atom. The number of nitrogens with one attached hydrogen (secondary N) is 1. The van der Waals surface area contributed by atoms with E-state index in [-0.39, 0.29) is 5.75 Å². The van der Waals surface area contributed by atoms with E-state index in [1.807, 2.05) is 0 Å². The number of anilines is 1. The molecular formula is C12H13BrN4O2. The molecule has 0 radical (unpaired) electrons. The number of aromatic hydroxyl groups is 1. The van der Waals surface area contributed by atoms with Gasteiger partial charge in [0, 0.05) is 23.3 Å². The number of aromatic nitrogens is 2. The minimum atomic E-state index is -0.841. The summed E-state index contributed by atoms with van der Waals surface area (Å²) >= 11 is 3.26. The van der Waals surface area contributed by atoms with E-state index in [0.29, 0.717) is 11.3 Å². The summed E-state index contributed by atoms with van der Waals surface area (Å²) < 4.78 is 2.31. The number of nitrogens with two attached hydrogens (primary N) is 1. The lowest BCUT2D eigenvalue weighted by molar-refractivity contribution is -0.117. The highest BCUT2D eigenvalue weighted by molar-refractivity contribution is 9.10. The van der Waals surface area contributed by atoms with Crippen molar-refractivity contribution in [1.29, 1.82) is 0 Å². The monoisotopic (exact) mass is 324 g/mol. The van der Waals surface area contributed by atoms with E-state index in [4.69, 9.17) is 5.73 Å². The molecule has 1 heterocycles. The number of nitrogens with zero attached hydrogens (tertiary/aromatic N) is 2. The van der Waals surface area contributed by atoms with E-state index in [2.05, 4.69) is 26.3 Å². The van der Waals surface area contributed by atoms with E-state index in [0.717, 1.165) is 4.47 Å². The van der Waals surface area contributed by atoms with Gasteiger partial charge >= 0.3 is 0 Å². The summed E-state index contributed by atoms with van der Waals surface area (Å²) in [5.41, 5.74) is 6.74. The summed E-state index contributed by atoms with van der Waals surface area (Å²) in [5.74, 6) is -0.434. The third-order valence-corrected chi connectivity index (χ3v) is 3.08. The Bertz CT molecular complexity index is 612. The highest BCUT2D eigenvalue weighted by atomic mass is 79.9. The predicted octanol–water partition coefficient (Wildman–Crippen LogP) is 1.53. The fourth-order valence-corrected chi connectivity index (χ4v) is 1.93. The fraction of sp³-hybridized carbons (Fsp3) is 0.167. The average molecular weight is 325 g/mol. The molecule has 4 N–H and O–H groups in total. The summed E-state index contributed by atoms with van der Waals surface area (Å²) in [6.45, 7) is 0. The highest BCUT2D eigenvalue weighted by Gasteiger charge is 2.18. The molecular weight excluding hydrogens is 312 g/mol. The van der Waals surface area contributed by atoms with Crippen LogP contribution in [0.25, 0.3) is 0 Å². The zero-order valence-electron chi connectivity index (χ0n) is 10.2. The summed E-state index contributed by atoms with van der Waals surface area (Å²) in [5, 5.41) is 16.2. The summed E-state index contributed by atoms with van der Waals surface area (Å²) in [7, 11) is 1.74. The van der Waals surface area contributed by atoms with Crippen molar-refractivity contribution in [2.75, 3.05) is 5.32 Å². The maximum Gasteiger partial charge on any atom is 0.246 e. The standard InChI is InChI=1S/C12H13BrN4O2/c1-17-6-7(5-15-17)11(14)12(19)16-9-4-8(13)2-3-10(9)18/h2-6,11,18H,14H2,1H3,(H,16,19). The molecule has 0 aliphatic rings. The number of amides is 1. The highest BCUT2D eigenvalue weighted by Crippen LogP contribution is 2.27. The lowest BCUT2D eigenvalue weighted by atomic mass is 10.1. The second kappa shape index (κ2) is 5.41. The number of hydrogen-bond donors (Lipinski definition) is 3. The molecule has 6 nitrogen and oxygen atoms in total. The van der Waals surface area contributed by atoms with Crippen LogP contribution in [0.1, 0.15) is 11.6 Å². The molecule has 1 aromatic carbocycles. The predicted molar refractivity (Wildman–Crippen MR) is 74.6 cm³/mol.